The first-order valence-corrected chi connectivity index (χ1v) is 10.8. The molecule has 1 heterocycles. The number of nitrogens with one attached hydrogen (secondary N) is 1. The second kappa shape index (κ2) is 11.6. The van der Waals surface area contributed by atoms with E-state index in [0.29, 0.717) is 23.1 Å². The lowest BCUT2D eigenvalue weighted by atomic mass is 9.89. The predicted molar refractivity (Wildman–Crippen MR) is 124 cm³/mol. The number of benzene rings is 2. The second-order valence-corrected chi connectivity index (χ2v) is 7.97. The van der Waals surface area contributed by atoms with Crippen LogP contribution in [0.25, 0.3) is 0 Å². The first-order valence-electron chi connectivity index (χ1n) is 10.0. The number of carbonyl (C=O) groups is 1. The predicted octanol–water partition coefficient (Wildman–Crippen LogP) is 6.07. The zero-order valence-corrected chi connectivity index (χ0v) is 18.4. The van der Waals surface area contributed by atoms with Crippen LogP contribution < -0.4 is 10.1 Å². The van der Waals surface area contributed by atoms with Gasteiger partial charge in [0.25, 0.3) is 0 Å². The van der Waals surface area contributed by atoms with Gasteiger partial charge in [-0.1, -0.05) is 47.5 Å². The molecule has 162 valence electrons. The number of halogens is 2. The van der Waals surface area contributed by atoms with Gasteiger partial charge in [0.1, 0.15) is 11.6 Å². The van der Waals surface area contributed by atoms with Crippen molar-refractivity contribution in [2.75, 3.05) is 18.5 Å². The minimum absolute atomic E-state index is 0.0134. The van der Waals surface area contributed by atoms with Crippen LogP contribution >= 0.6 is 23.2 Å². The highest BCUT2D eigenvalue weighted by Crippen LogP contribution is 2.30. The highest BCUT2D eigenvalue weighted by Gasteiger charge is 2.17. The zero-order chi connectivity index (χ0) is 22.1. The van der Waals surface area contributed by atoms with E-state index in [4.69, 9.17) is 27.9 Å². The molecule has 7 heteroatoms. The molecule has 0 aliphatic rings. The van der Waals surface area contributed by atoms with E-state index >= 15 is 0 Å². The maximum absolute atomic E-state index is 11.4. The van der Waals surface area contributed by atoms with E-state index in [1.54, 1.807) is 18.3 Å². The van der Waals surface area contributed by atoms with Gasteiger partial charge in [-0.05, 0) is 66.3 Å². The summed E-state index contributed by atoms with van der Waals surface area (Å²) in [4.78, 5) is 15.6. The Morgan fingerprint density at radius 1 is 1.06 bits per heavy atom. The SMILES string of the molecule is O=C(O)CC(Cc1ccc(OCCCNc2ccccn2)cc1)c1ccc(Cl)c(Cl)c1. The highest BCUT2D eigenvalue weighted by atomic mass is 35.5. The lowest BCUT2D eigenvalue weighted by molar-refractivity contribution is -0.137. The van der Waals surface area contributed by atoms with Crippen LogP contribution in [0.5, 0.6) is 5.75 Å². The Hall–Kier alpha value is -2.76. The van der Waals surface area contributed by atoms with E-state index in [1.165, 1.54) is 0 Å². The number of aromatic nitrogens is 1. The number of carboxylic acid groups (broad SMARTS) is 1. The molecule has 0 spiro atoms. The third-order valence-electron chi connectivity index (χ3n) is 4.80. The molecule has 0 aliphatic heterocycles. The number of hydrogen-bond donors (Lipinski definition) is 2. The maximum atomic E-state index is 11.4. The van der Waals surface area contributed by atoms with E-state index in [9.17, 15) is 9.90 Å². The number of anilines is 1. The monoisotopic (exact) mass is 458 g/mol. The number of rotatable bonds is 11. The van der Waals surface area contributed by atoms with Gasteiger partial charge in [-0.2, -0.15) is 0 Å². The number of hydrogen-bond acceptors (Lipinski definition) is 4. The standard InChI is InChI=1S/C24H24Cl2N2O3/c25-21-10-7-18(15-22(21)26)19(16-24(29)30)14-17-5-8-20(9-6-17)31-13-3-12-28-23-4-1-2-11-27-23/h1-2,4-11,15,19H,3,12-14,16H2,(H,27,28)(H,29,30). The fraction of sp³-hybridized carbons (Fsp3) is 0.250. The van der Waals surface area contributed by atoms with Crippen molar-refractivity contribution in [2.24, 2.45) is 0 Å². The largest absolute Gasteiger partial charge is 0.494 e. The Morgan fingerprint density at radius 2 is 1.87 bits per heavy atom. The van der Waals surface area contributed by atoms with E-state index in [-0.39, 0.29) is 12.3 Å². The van der Waals surface area contributed by atoms with E-state index in [2.05, 4.69) is 10.3 Å². The molecule has 31 heavy (non-hydrogen) atoms. The van der Waals surface area contributed by atoms with Crippen LogP contribution in [0.1, 0.15) is 29.9 Å². The van der Waals surface area contributed by atoms with Gasteiger partial charge in [0, 0.05) is 12.7 Å². The summed E-state index contributed by atoms with van der Waals surface area (Å²) in [5.74, 6) is 0.586. The van der Waals surface area contributed by atoms with E-state index in [1.807, 2.05) is 48.5 Å². The van der Waals surface area contributed by atoms with E-state index < -0.39 is 5.97 Å². The average molecular weight is 459 g/mol. The van der Waals surface area contributed by atoms with Crippen LogP contribution in [-0.4, -0.2) is 29.2 Å². The van der Waals surface area contributed by atoms with Crippen molar-refractivity contribution in [3.63, 3.8) is 0 Å². The van der Waals surface area contributed by atoms with Crippen LogP contribution in [-0.2, 0) is 11.2 Å². The first-order chi connectivity index (χ1) is 15.0. The summed E-state index contributed by atoms with van der Waals surface area (Å²) in [6.07, 6.45) is 3.19. The zero-order valence-electron chi connectivity index (χ0n) is 16.9. The molecule has 3 aromatic rings. The smallest absolute Gasteiger partial charge is 0.303 e. The first kappa shape index (κ1) is 22.9. The molecule has 2 aromatic carbocycles. The molecule has 1 atom stereocenters. The Morgan fingerprint density at radius 3 is 2.55 bits per heavy atom. The van der Waals surface area contributed by atoms with Crippen LogP contribution in [0.15, 0.2) is 66.9 Å². The van der Waals surface area contributed by atoms with Crippen LogP contribution in [0.2, 0.25) is 10.0 Å². The van der Waals surface area contributed by atoms with Gasteiger partial charge >= 0.3 is 5.97 Å². The van der Waals surface area contributed by atoms with Gasteiger partial charge < -0.3 is 15.2 Å². The molecular weight excluding hydrogens is 435 g/mol. The fourth-order valence-corrected chi connectivity index (χ4v) is 3.54. The number of aliphatic carboxylic acids is 1. The highest BCUT2D eigenvalue weighted by molar-refractivity contribution is 6.42. The van der Waals surface area contributed by atoms with Crippen molar-refractivity contribution < 1.29 is 14.6 Å². The third-order valence-corrected chi connectivity index (χ3v) is 5.54. The van der Waals surface area contributed by atoms with Gasteiger partial charge in [-0.3, -0.25) is 4.79 Å². The molecule has 0 amide bonds. The molecule has 3 rings (SSSR count). The Balaban J connectivity index is 1.51. The summed E-state index contributed by atoms with van der Waals surface area (Å²) in [7, 11) is 0. The van der Waals surface area contributed by atoms with Gasteiger partial charge in [0.15, 0.2) is 0 Å². The second-order valence-electron chi connectivity index (χ2n) is 7.16. The molecule has 0 radical (unpaired) electrons. The molecule has 0 aliphatic carbocycles. The summed E-state index contributed by atoms with van der Waals surface area (Å²) >= 11 is 12.1. The van der Waals surface area contributed by atoms with Crippen molar-refractivity contribution in [3.05, 3.63) is 88.0 Å². The molecule has 0 bridgehead atoms. The van der Waals surface area contributed by atoms with Gasteiger partial charge in [0.2, 0.25) is 0 Å². The Bertz CT molecular complexity index is 982. The number of carboxylic acids is 1. The molecule has 2 N–H and O–H groups in total. The summed E-state index contributed by atoms with van der Waals surface area (Å²) < 4.78 is 5.80. The lowest BCUT2D eigenvalue weighted by Gasteiger charge is -2.17. The van der Waals surface area contributed by atoms with Crippen LogP contribution in [0, 0.1) is 0 Å². The van der Waals surface area contributed by atoms with Crippen molar-refractivity contribution in [1.29, 1.82) is 0 Å². The normalized spacial score (nSPS) is 11.7. The Labute approximate surface area is 192 Å². The summed E-state index contributed by atoms with van der Waals surface area (Å²) in [6, 6.07) is 18.8. The topological polar surface area (TPSA) is 71.5 Å². The molecule has 0 fully saturated rings. The van der Waals surface area contributed by atoms with Crippen molar-refractivity contribution in [3.8, 4) is 5.75 Å². The minimum Gasteiger partial charge on any atom is -0.494 e. The molecule has 0 saturated carbocycles. The molecule has 0 saturated heterocycles. The number of ether oxygens (including phenoxy) is 1. The van der Waals surface area contributed by atoms with Crippen LogP contribution in [0.3, 0.4) is 0 Å². The molecule has 5 nitrogen and oxygen atoms in total. The average Bonchev–Trinajstić information content (AvgIpc) is 2.76. The maximum Gasteiger partial charge on any atom is 0.303 e. The third kappa shape index (κ3) is 7.46. The summed E-state index contributed by atoms with van der Waals surface area (Å²) in [5, 5.41) is 13.4. The Kier molecular flexibility index (Phi) is 8.56. The quantitative estimate of drug-likeness (QED) is 0.341. The lowest BCUT2D eigenvalue weighted by Crippen LogP contribution is -2.10. The summed E-state index contributed by atoms with van der Waals surface area (Å²) in [5.41, 5.74) is 1.89. The van der Waals surface area contributed by atoms with Gasteiger partial charge in [0.05, 0.1) is 23.1 Å². The number of pyridine rings is 1. The minimum atomic E-state index is -0.852. The summed E-state index contributed by atoms with van der Waals surface area (Å²) in [6.45, 7) is 1.36. The molecular formula is C24H24Cl2N2O3. The van der Waals surface area contributed by atoms with Crippen molar-refractivity contribution in [1.82, 2.24) is 4.98 Å². The van der Waals surface area contributed by atoms with Gasteiger partial charge in [-0.25, -0.2) is 4.98 Å². The fourth-order valence-electron chi connectivity index (χ4n) is 3.24. The molecule has 1 unspecified atom stereocenters. The van der Waals surface area contributed by atoms with Gasteiger partial charge in [-0.15, -0.1) is 0 Å². The molecule has 1 aromatic heterocycles. The van der Waals surface area contributed by atoms with E-state index in [0.717, 1.165) is 35.7 Å². The van der Waals surface area contributed by atoms with Crippen molar-refractivity contribution in [2.45, 2.75) is 25.2 Å². The van der Waals surface area contributed by atoms with Crippen molar-refractivity contribution >= 4 is 35.0 Å². The number of nitrogens with zero attached hydrogens (tertiary/aromatic N) is 1. The van der Waals surface area contributed by atoms with Crippen LogP contribution in [0.4, 0.5) is 5.82 Å².